The average Bonchev–Trinajstić information content (AvgIpc) is 2.80. The van der Waals surface area contributed by atoms with Gasteiger partial charge in [-0.05, 0) is 31.0 Å². The molecule has 1 heterocycles. The van der Waals surface area contributed by atoms with Crippen molar-refractivity contribution in [2.24, 2.45) is 5.73 Å². The highest BCUT2D eigenvalue weighted by molar-refractivity contribution is 7.80. The molecular weight excluding hydrogens is 239 g/mol. The van der Waals surface area contributed by atoms with E-state index in [2.05, 4.69) is 5.32 Å². The van der Waals surface area contributed by atoms with Gasteiger partial charge in [0.2, 0.25) is 0 Å². The molecule has 0 aliphatic carbocycles. The van der Waals surface area contributed by atoms with E-state index >= 15 is 0 Å². The first-order valence-corrected chi connectivity index (χ1v) is 6.02. The van der Waals surface area contributed by atoms with Gasteiger partial charge < -0.3 is 15.8 Å². The predicted octanol–water partition coefficient (Wildman–Crippen LogP) is 2.05. The zero-order valence-corrected chi connectivity index (χ0v) is 10.2. The molecular formula is C12H15FN2OS. The summed E-state index contributed by atoms with van der Waals surface area (Å²) >= 11 is 4.90. The van der Waals surface area contributed by atoms with Crippen molar-refractivity contribution in [3.8, 4) is 0 Å². The first kappa shape index (κ1) is 12.3. The summed E-state index contributed by atoms with van der Waals surface area (Å²) in [5, 5.41) is 3.20. The van der Waals surface area contributed by atoms with Crippen LogP contribution in [-0.2, 0) is 4.74 Å². The van der Waals surface area contributed by atoms with E-state index in [0.717, 1.165) is 25.1 Å². The number of nitrogens with two attached hydrogens (primary N) is 1. The Balaban J connectivity index is 2.06. The van der Waals surface area contributed by atoms with Gasteiger partial charge in [0.25, 0.3) is 0 Å². The van der Waals surface area contributed by atoms with Crippen LogP contribution in [0.5, 0.6) is 0 Å². The minimum atomic E-state index is -0.338. The third-order valence-electron chi connectivity index (χ3n) is 2.79. The number of benzene rings is 1. The number of hydrogen-bond donors (Lipinski definition) is 2. The van der Waals surface area contributed by atoms with Gasteiger partial charge in [0.1, 0.15) is 10.8 Å². The number of ether oxygens (including phenoxy) is 1. The summed E-state index contributed by atoms with van der Waals surface area (Å²) in [5.74, 6) is -0.338. The van der Waals surface area contributed by atoms with Gasteiger partial charge in [-0.3, -0.25) is 0 Å². The Morgan fingerprint density at radius 2 is 2.41 bits per heavy atom. The molecule has 1 saturated heterocycles. The Morgan fingerprint density at radius 1 is 1.59 bits per heavy atom. The van der Waals surface area contributed by atoms with Crippen LogP contribution < -0.4 is 11.1 Å². The maximum Gasteiger partial charge on any atom is 0.124 e. The van der Waals surface area contributed by atoms with Crippen LogP contribution in [0.1, 0.15) is 18.4 Å². The van der Waals surface area contributed by atoms with Crippen LogP contribution in [0, 0.1) is 5.82 Å². The van der Waals surface area contributed by atoms with Crippen LogP contribution in [0.4, 0.5) is 10.1 Å². The lowest BCUT2D eigenvalue weighted by molar-refractivity contribution is 0.120. The normalized spacial score (nSPS) is 19.2. The van der Waals surface area contributed by atoms with E-state index < -0.39 is 0 Å². The fourth-order valence-electron chi connectivity index (χ4n) is 1.90. The lowest BCUT2D eigenvalue weighted by atomic mass is 10.1. The number of rotatable bonds is 4. The Hall–Kier alpha value is -1.20. The molecule has 1 unspecified atom stereocenters. The molecule has 5 heteroatoms. The van der Waals surface area contributed by atoms with Crippen molar-refractivity contribution in [3.63, 3.8) is 0 Å². The van der Waals surface area contributed by atoms with Crippen LogP contribution in [0.2, 0.25) is 0 Å². The smallest absolute Gasteiger partial charge is 0.124 e. The van der Waals surface area contributed by atoms with Crippen molar-refractivity contribution in [2.45, 2.75) is 18.9 Å². The maximum atomic E-state index is 13.1. The van der Waals surface area contributed by atoms with Crippen molar-refractivity contribution in [3.05, 3.63) is 29.6 Å². The summed E-state index contributed by atoms with van der Waals surface area (Å²) in [4.78, 5) is 0.194. The summed E-state index contributed by atoms with van der Waals surface area (Å²) < 4.78 is 18.6. The average molecular weight is 254 g/mol. The number of thiocarbonyl (C=S) groups is 1. The second kappa shape index (κ2) is 5.42. The van der Waals surface area contributed by atoms with Crippen molar-refractivity contribution in [2.75, 3.05) is 18.5 Å². The molecule has 1 fully saturated rings. The van der Waals surface area contributed by atoms with Crippen molar-refractivity contribution in [1.29, 1.82) is 0 Å². The molecule has 3 N–H and O–H groups in total. The molecule has 3 nitrogen and oxygen atoms in total. The van der Waals surface area contributed by atoms with E-state index in [1.807, 2.05) is 0 Å². The topological polar surface area (TPSA) is 47.3 Å². The quantitative estimate of drug-likeness (QED) is 0.807. The van der Waals surface area contributed by atoms with E-state index in [9.17, 15) is 4.39 Å². The molecule has 1 aliphatic rings. The van der Waals surface area contributed by atoms with Gasteiger partial charge in [0.15, 0.2) is 0 Å². The molecule has 0 spiro atoms. The van der Waals surface area contributed by atoms with Crippen LogP contribution in [0.25, 0.3) is 0 Å². The second-order valence-corrected chi connectivity index (χ2v) is 4.51. The van der Waals surface area contributed by atoms with E-state index in [-0.39, 0.29) is 16.9 Å². The van der Waals surface area contributed by atoms with Crippen molar-refractivity contribution in [1.82, 2.24) is 0 Å². The first-order valence-electron chi connectivity index (χ1n) is 5.61. The van der Waals surface area contributed by atoms with Crippen LogP contribution in [-0.4, -0.2) is 24.2 Å². The Labute approximate surface area is 105 Å². The molecule has 1 aromatic rings. The number of anilines is 1. The molecule has 92 valence electrons. The fourth-order valence-corrected chi connectivity index (χ4v) is 2.07. The molecule has 2 rings (SSSR count). The van der Waals surface area contributed by atoms with Gasteiger partial charge in [-0.2, -0.15) is 0 Å². The molecule has 0 amide bonds. The van der Waals surface area contributed by atoms with Crippen molar-refractivity contribution < 1.29 is 9.13 Å². The van der Waals surface area contributed by atoms with Crippen LogP contribution >= 0.6 is 12.2 Å². The summed E-state index contributed by atoms with van der Waals surface area (Å²) in [6.45, 7) is 1.51. The molecule has 0 bridgehead atoms. The zero-order valence-electron chi connectivity index (χ0n) is 9.41. The Kier molecular flexibility index (Phi) is 3.91. The molecule has 1 atom stereocenters. The highest BCUT2D eigenvalue weighted by Gasteiger charge is 2.16. The standard InChI is InChI=1S/C12H15FN2OS/c13-8-3-4-11(10(6-8)12(14)17)15-7-9-2-1-5-16-9/h3-4,6,9,15H,1-2,5,7H2,(H2,14,17). The SMILES string of the molecule is NC(=S)c1cc(F)ccc1NCC1CCCO1. The Bertz CT molecular complexity index is 419. The summed E-state index contributed by atoms with van der Waals surface area (Å²) in [6.07, 6.45) is 2.37. The second-order valence-electron chi connectivity index (χ2n) is 4.07. The van der Waals surface area contributed by atoms with Gasteiger partial charge in [-0.15, -0.1) is 0 Å². The van der Waals surface area contributed by atoms with Gasteiger partial charge in [0.05, 0.1) is 6.10 Å². The minimum absolute atomic E-state index is 0.194. The summed E-state index contributed by atoms with van der Waals surface area (Å²) in [7, 11) is 0. The largest absolute Gasteiger partial charge is 0.389 e. The van der Waals surface area contributed by atoms with Crippen molar-refractivity contribution >= 4 is 22.9 Å². The predicted molar refractivity (Wildman–Crippen MR) is 69.8 cm³/mol. The highest BCUT2D eigenvalue weighted by Crippen LogP contribution is 2.19. The monoisotopic (exact) mass is 254 g/mol. The van der Waals surface area contributed by atoms with E-state index in [4.69, 9.17) is 22.7 Å². The number of hydrogen-bond acceptors (Lipinski definition) is 3. The van der Waals surface area contributed by atoms with E-state index in [0.29, 0.717) is 12.1 Å². The zero-order chi connectivity index (χ0) is 12.3. The number of nitrogens with one attached hydrogen (secondary N) is 1. The molecule has 1 aromatic carbocycles. The van der Waals surface area contributed by atoms with E-state index in [1.165, 1.54) is 12.1 Å². The third kappa shape index (κ3) is 3.14. The lowest BCUT2D eigenvalue weighted by Crippen LogP contribution is -2.21. The molecule has 0 aromatic heterocycles. The Morgan fingerprint density at radius 3 is 3.06 bits per heavy atom. The molecule has 1 aliphatic heterocycles. The fraction of sp³-hybridized carbons (Fsp3) is 0.417. The minimum Gasteiger partial charge on any atom is -0.389 e. The summed E-state index contributed by atoms with van der Waals surface area (Å²) in [6, 6.07) is 4.39. The van der Waals surface area contributed by atoms with Gasteiger partial charge in [0, 0.05) is 24.4 Å². The first-order chi connectivity index (χ1) is 8.16. The van der Waals surface area contributed by atoms with Gasteiger partial charge in [-0.1, -0.05) is 12.2 Å². The third-order valence-corrected chi connectivity index (χ3v) is 3.01. The highest BCUT2D eigenvalue weighted by atomic mass is 32.1. The van der Waals surface area contributed by atoms with E-state index in [1.54, 1.807) is 6.07 Å². The molecule has 0 saturated carbocycles. The number of halogens is 1. The lowest BCUT2D eigenvalue weighted by Gasteiger charge is -2.14. The van der Waals surface area contributed by atoms with Gasteiger partial charge in [-0.25, -0.2) is 4.39 Å². The molecule has 17 heavy (non-hydrogen) atoms. The van der Waals surface area contributed by atoms with Gasteiger partial charge >= 0.3 is 0 Å². The molecule has 0 radical (unpaired) electrons. The summed E-state index contributed by atoms with van der Waals surface area (Å²) in [5.41, 5.74) is 6.86. The maximum absolute atomic E-state index is 13.1. The van der Waals surface area contributed by atoms with Crippen LogP contribution in [0.3, 0.4) is 0 Å². The van der Waals surface area contributed by atoms with Crippen LogP contribution in [0.15, 0.2) is 18.2 Å².